The van der Waals surface area contributed by atoms with Crippen molar-refractivity contribution in [1.29, 1.82) is 0 Å². The standard InChI is InChI=1S/C24H27F3N2O/c1-17(2)13-14-29(15-18-3-5-19(16-30)6-4-18)23-12-11-22(28-23)20-7-9-21(10-8-20)24(25,26)27/h3-11,17,30H,12-16H2,1-2H3. The zero-order chi connectivity index (χ0) is 21.7. The molecule has 6 heteroatoms. The van der Waals surface area contributed by atoms with E-state index < -0.39 is 11.7 Å². The van der Waals surface area contributed by atoms with Crippen LogP contribution in [0.4, 0.5) is 13.2 Å². The average molecular weight is 416 g/mol. The Morgan fingerprint density at radius 3 is 2.20 bits per heavy atom. The number of nitrogens with zero attached hydrogens (tertiary/aromatic N) is 2. The van der Waals surface area contributed by atoms with Crippen molar-refractivity contribution in [3.8, 4) is 0 Å². The number of rotatable bonds is 7. The summed E-state index contributed by atoms with van der Waals surface area (Å²) < 4.78 is 38.4. The Balaban J connectivity index is 1.76. The van der Waals surface area contributed by atoms with E-state index in [1.54, 1.807) is 0 Å². The lowest BCUT2D eigenvalue weighted by molar-refractivity contribution is -0.137. The number of halogens is 3. The van der Waals surface area contributed by atoms with Gasteiger partial charge in [0, 0.05) is 19.5 Å². The van der Waals surface area contributed by atoms with Crippen molar-refractivity contribution in [1.82, 2.24) is 4.90 Å². The minimum atomic E-state index is -4.34. The van der Waals surface area contributed by atoms with Crippen LogP contribution in [0.25, 0.3) is 5.70 Å². The molecule has 0 aliphatic carbocycles. The first kappa shape index (κ1) is 22.1. The number of hydrogen-bond donors (Lipinski definition) is 1. The number of hydrogen-bond acceptors (Lipinski definition) is 3. The van der Waals surface area contributed by atoms with Gasteiger partial charge in [-0.3, -0.25) is 0 Å². The van der Waals surface area contributed by atoms with Crippen LogP contribution >= 0.6 is 0 Å². The highest BCUT2D eigenvalue weighted by Crippen LogP contribution is 2.31. The third-order valence-electron chi connectivity index (χ3n) is 5.16. The maximum absolute atomic E-state index is 12.8. The predicted octanol–water partition coefficient (Wildman–Crippen LogP) is 5.89. The number of alkyl halides is 3. The summed E-state index contributed by atoms with van der Waals surface area (Å²) in [7, 11) is 0. The van der Waals surface area contributed by atoms with Crippen LogP contribution < -0.4 is 0 Å². The van der Waals surface area contributed by atoms with Crippen LogP contribution in [0.15, 0.2) is 59.6 Å². The lowest BCUT2D eigenvalue weighted by Crippen LogP contribution is -2.31. The summed E-state index contributed by atoms with van der Waals surface area (Å²) in [5.74, 6) is 1.48. The zero-order valence-electron chi connectivity index (χ0n) is 17.3. The maximum atomic E-state index is 12.8. The molecule has 0 aromatic heterocycles. The van der Waals surface area contributed by atoms with Gasteiger partial charge in [-0.2, -0.15) is 13.2 Å². The second-order valence-corrected chi connectivity index (χ2v) is 7.98. The molecule has 0 unspecified atom stereocenters. The number of amidine groups is 1. The first-order valence-corrected chi connectivity index (χ1v) is 10.1. The van der Waals surface area contributed by atoms with Crippen LogP contribution in [-0.4, -0.2) is 22.4 Å². The second-order valence-electron chi connectivity index (χ2n) is 7.98. The van der Waals surface area contributed by atoms with Crippen LogP contribution in [0.3, 0.4) is 0 Å². The predicted molar refractivity (Wildman–Crippen MR) is 114 cm³/mol. The summed E-state index contributed by atoms with van der Waals surface area (Å²) in [4.78, 5) is 6.98. The molecule has 1 aliphatic rings. The largest absolute Gasteiger partial charge is 0.416 e. The monoisotopic (exact) mass is 416 g/mol. The molecule has 2 aromatic rings. The number of benzene rings is 2. The molecule has 2 aromatic carbocycles. The van der Waals surface area contributed by atoms with E-state index in [1.807, 2.05) is 30.3 Å². The molecule has 0 fully saturated rings. The van der Waals surface area contributed by atoms with Crippen LogP contribution in [0, 0.1) is 5.92 Å². The van der Waals surface area contributed by atoms with Gasteiger partial charge in [-0.15, -0.1) is 0 Å². The van der Waals surface area contributed by atoms with E-state index in [0.717, 1.165) is 42.1 Å². The van der Waals surface area contributed by atoms with E-state index in [2.05, 4.69) is 18.7 Å². The van der Waals surface area contributed by atoms with E-state index in [9.17, 15) is 18.3 Å². The van der Waals surface area contributed by atoms with Gasteiger partial charge in [0.2, 0.25) is 0 Å². The number of aliphatic hydroxyl groups is 1. The summed E-state index contributed by atoms with van der Waals surface area (Å²) in [6.07, 6.45) is -0.697. The second kappa shape index (κ2) is 9.47. The Kier molecular flexibility index (Phi) is 6.98. The van der Waals surface area contributed by atoms with Gasteiger partial charge in [0.05, 0.1) is 17.9 Å². The van der Waals surface area contributed by atoms with Crippen molar-refractivity contribution in [3.63, 3.8) is 0 Å². The molecule has 0 saturated carbocycles. The van der Waals surface area contributed by atoms with E-state index in [-0.39, 0.29) is 6.61 Å². The Bertz CT molecular complexity index is 898. The van der Waals surface area contributed by atoms with E-state index >= 15 is 0 Å². The van der Waals surface area contributed by atoms with Gasteiger partial charge in [-0.25, -0.2) is 4.99 Å². The number of aliphatic imine (C=N–C) groups is 1. The molecule has 0 saturated heterocycles. The molecule has 0 radical (unpaired) electrons. The highest BCUT2D eigenvalue weighted by Gasteiger charge is 2.30. The smallest absolute Gasteiger partial charge is 0.392 e. The molecule has 160 valence electrons. The van der Waals surface area contributed by atoms with Crippen molar-refractivity contribution in [2.24, 2.45) is 10.9 Å². The highest BCUT2D eigenvalue weighted by molar-refractivity contribution is 5.94. The average Bonchev–Trinajstić information content (AvgIpc) is 3.21. The molecule has 0 bridgehead atoms. The molecular weight excluding hydrogens is 389 g/mol. The topological polar surface area (TPSA) is 35.8 Å². The minimum Gasteiger partial charge on any atom is -0.392 e. The molecule has 30 heavy (non-hydrogen) atoms. The fraction of sp³-hybridized carbons (Fsp3) is 0.375. The first-order chi connectivity index (χ1) is 14.3. The van der Waals surface area contributed by atoms with Crippen molar-refractivity contribution in [2.75, 3.05) is 6.54 Å². The first-order valence-electron chi connectivity index (χ1n) is 10.1. The third kappa shape index (κ3) is 5.72. The zero-order valence-corrected chi connectivity index (χ0v) is 17.3. The van der Waals surface area contributed by atoms with Crippen molar-refractivity contribution in [3.05, 3.63) is 76.9 Å². The molecule has 3 rings (SSSR count). The Morgan fingerprint density at radius 1 is 1.00 bits per heavy atom. The molecule has 1 heterocycles. The molecule has 1 aliphatic heterocycles. The third-order valence-corrected chi connectivity index (χ3v) is 5.16. The van der Waals surface area contributed by atoms with E-state index in [1.165, 1.54) is 12.1 Å². The quantitative estimate of drug-likeness (QED) is 0.611. The van der Waals surface area contributed by atoms with Gasteiger partial charge in [-0.1, -0.05) is 56.3 Å². The Morgan fingerprint density at radius 2 is 1.63 bits per heavy atom. The van der Waals surface area contributed by atoms with Gasteiger partial charge >= 0.3 is 6.18 Å². The number of aliphatic hydroxyl groups excluding tert-OH is 1. The van der Waals surface area contributed by atoms with Gasteiger partial charge in [0.15, 0.2) is 0 Å². The van der Waals surface area contributed by atoms with E-state index in [4.69, 9.17) is 4.99 Å². The van der Waals surface area contributed by atoms with Gasteiger partial charge < -0.3 is 10.0 Å². The fourth-order valence-electron chi connectivity index (χ4n) is 3.31. The molecular formula is C24H27F3N2O. The van der Waals surface area contributed by atoms with Crippen molar-refractivity contribution in [2.45, 2.75) is 46.0 Å². The van der Waals surface area contributed by atoms with Gasteiger partial charge in [0.25, 0.3) is 0 Å². The molecule has 0 atom stereocenters. The Hall–Kier alpha value is -2.60. The van der Waals surface area contributed by atoms with Crippen molar-refractivity contribution < 1.29 is 18.3 Å². The normalized spacial score (nSPS) is 14.1. The summed E-state index contributed by atoms with van der Waals surface area (Å²) in [5.41, 5.74) is 2.75. The van der Waals surface area contributed by atoms with Gasteiger partial charge in [-0.05, 0) is 41.2 Å². The highest BCUT2D eigenvalue weighted by atomic mass is 19.4. The van der Waals surface area contributed by atoms with Crippen LogP contribution in [0.5, 0.6) is 0 Å². The lowest BCUT2D eigenvalue weighted by atomic mass is 10.1. The maximum Gasteiger partial charge on any atom is 0.416 e. The molecule has 0 amide bonds. The lowest BCUT2D eigenvalue weighted by Gasteiger charge is -2.26. The summed E-state index contributed by atoms with van der Waals surface area (Å²) in [6, 6.07) is 13.0. The summed E-state index contributed by atoms with van der Waals surface area (Å²) in [6.45, 7) is 5.93. The minimum absolute atomic E-state index is 0.0183. The van der Waals surface area contributed by atoms with E-state index in [0.29, 0.717) is 30.1 Å². The Labute approximate surface area is 175 Å². The van der Waals surface area contributed by atoms with Crippen molar-refractivity contribution >= 4 is 11.5 Å². The summed E-state index contributed by atoms with van der Waals surface area (Å²) in [5, 5.41) is 9.23. The molecule has 3 nitrogen and oxygen atoms in total. The SMILES string of the molecule is CC(C)CCN(Cc1ccc(CO)cc1)C1=NC(c2ccc(C(F)(F)F)cc2)=CC1. The molecule has 1 N–H and O–H groups in total. The van der Waals surface area contributed by atoms with Gasteiger partial charge in [0.1, 0.15) is 5.84 Å². The molecule has 0 spiro atoms. The van der Waals surface area contributed by atoms with Crippen LogP contribution in [-0.2, 0) is 19.3 Å². The fourth-order valence-corrected chi connectivity index (χ4v) is 3.31. The van der Waals surface area contributed by atoms with Crippen LogP contribution in [0.2, 0.25) is 0 Å². The summed E-state index contributed by atoms with van der Waals surface area (Å²) >= 11 is 0. The van der Waals surface area contributed by atoms with Crippen LogP contribution in [0.1, 0.15) is 48.9 Å².